The molecule has 1 fully saturated rings. The summed E-state index contributed by atoms with van der Waals surface area (Å²) in [5, 5.41) is 0. The van der Waals surface area contributed by atoms with Crippen LogP contribution in [0.25, 0.3) is 11.0 Å². The molecule has 2 heterocycles. The Bertz CT molecular complexity index is 738. The zero-order valence-electron chi connectivity index (χ0n) is 15.7. The number of rotatable bonds is 5. The predicted molar refractivity (Wildman–Crippen MR) is 98.1 cm³/mol. The normalized spacial score (nSPS) is 24.0. The Hall–Kier alpha value is -1.91. The smallest absolute Gasteiger partial charge is 0.326 e. The largest absolute Gasteiger partial charge is 0.461 e. The molecule has 25 heavy (non-hydrogen) atoms. The van der Waals surface area contributed by atoms with Gasteiger partial charge in [0.15, 0.2) is 0 Å². The minimum atomic E-state index is -0.164. The lowest BCUT2D eigenvalue weighted by Gasteiger charge is -2.36. The van der Waals surface area contributed by atoms with E-state index in [0.717, 1.165) is 36.1 Å². The molecule has 0 aromatic carbocycles. The molecule has 2 aromatic rings. The molecule has 2 unspecified atom stereocenters. The number of aryl methyl sites for hydroxylation is 1. The monoisotopic (exact) mass is 343 g/mol. The Balaban J connectivity index is 1.76. The number of nitrogens with zero attached hydrogens (tertiary/aromatic N) is 3. The van der Waals surface area contributed by atoms with Crippen LogP contribution in [-0.4, -0.2) is 26.6 Å². The first kappa shape index (κ1) is 17.9. The van der Waals surface area contributed by atoms with Crippen molar-refractivity contribution in [2.24, 2.45) is 17.8 Å². The van der Waals surface area contributed by atoms with Gasteiger partial charge in [-0.25, -0.2) is 4.98 Å². The molecule has 2 aromatic heterocycles. The molecule has 5 heteroatoms. The molecule has 0 aliphatic heterocycles. The van der Waals surface area contributed by atoms with Crippen molar-refractivity contribution in [3.05, 3.63) is 24.3 Å². The molecule has 5 nitrogen and oxygen atoms in total. The van der Waals surface area contributed by atoms with E-state index >= 15 is 0 Å². The maximum absolute atomic E-state index is 12.7. The lowest BCUT2D eigenvalue weighted by molar-refractivity contribution is -0.156. The topological polar surface area (TPSA) is 57.0 Å². The Kier molecular flexibility index (Phi) is 5.40. The third kappa shape index (κ3) is 3.86. The molecule has 0 radical (unpaired) electrons. The summed E-state index contributed by atoms with van der Waals surface area (Å²) in [7, 11) is 0. The average Bonchev–Trinajstić information content (AvgIpc) is 2.92. The number of pyridine rings is 1. The van der Waals surface area contributed by atoms with Crippen molar-refractivity contribution in [3.63, 3.8) is 0 Å². The highest BCUT2D eigenvalue weighted by molar-refractivity contribution is 5.78. The second-order valence-corrected chi connectivity index (χ2v) is 7.69. The zero-order valence-corrected chi connectivity index (χ0v) is 15.7. The lowest BCUT2D eigenvalue weighted by atomic mass is 9.75. The molecule has 0 N–H and O–H groups in total. The maximum Gasteiger partial charge on any atom is 0.326 e. The fourth-order valence-corrected chi connectivity index (χ4v) is 4.05. The van der Waals surface area contributed by atoms with Crippen LogP contribution in [0.2, 0.25) is 0 Å². The van der Waals surface area contributed by atoms with Crippen molar-refractivity contribution >= 4 is 17.0 Å². The van der Waals surface area contributed by atoms with Gasteiger partial charge < -0.3 is 9.30 Å². The van der Waals surface area contributed by atoms with Crippen LogP contribution < -0.4 is 0 Å². The van der Waals surface area contributed by atoms with Gasteiger partial charge in [-0.15, -0.1) is 0 Å². The van der Waals surface area contributed by atoms with Gasteiger partial charge >= 0.3 is 5.97 Å². The minimum absolute atomic E-state index is 0.0363. The molecule has 0 saturated heterocycles. The van der Waals surface area contributed by atoms with Crippen LogP contribution in [-0.2, 0) is 22.5 Å². The highest BCUT2D eigenvalue weighted by Gasteiger charge is 2.33. The van der Waals surface area contributed by atoms with E-state index in [1.165, 1.54) is 6.42 Å². The number of hydrogen-bond donors (Lipinski definition) is 0. The van der Waals surface area contributed by atoms with Gasteiger partial charge in [-0.05, 0) is 36.7 Å². The van der Waals surface area contributed by atoms with Gasteiger partial charge in [0.1, 0.15) is 18.5 Å². The molecule has 136 valence electrons. The number of carbonyl (C=O) groups is 1. The molecule has 3 rings (SSSR count). The fraction of sp³-hybridized carbons (Fsp3) is 0.650. The molecule has 1 saturated carbocycles. The predicted octanol–water partition coefficient (Wildman–Crippen LogP) is 4.00. The molecule has 1 aliphatic rings. The van der Waals surface area contributed by atoms with Crippen LogP contribution in [0.1, 0.15) is 52.8 Å². The molecule has 3 atom stereocenters. The van der Waals surface area contributed by atoms with E-state index in [2.05, 4.69) is 30.7 Å². The van der Waals surface area contributed by atoms with Crippen molar-refractivity contribution < 1.29 is 9.53 Å². The van der Waals surface area contributed by atoms with Gasteiger partial charge in [-0.2, -0.15) is 0 Å². The highest BCUT2D eigenvalue weighted by Crippen LogP contribution is 2.35. The van der Waals surface area contributed by atoms with Gasteiger partial charge in [-0.1, -0.05) is 34.1 Å². The Morgan fingerprint density at radius 3 is 2.92 bits per heavy atom. The van der Waals surface area contributed by atoms with E-state index in [1.54, 1.807) is 12.4 Å². The third-order valence-corrected chi connectivity index (χ3v) is 5.48. The minimum Gasteiger partial charge on any atom is -0.461 e. The van der Waals surface area contributed by atoms with Crippen LogP contribution >= 0.6 is 0 Å². The van der Waals surface area contributed by atoms with Gasteiger partial charge in [-0.3, -0.25) is 9.78 Å². The van der Waals surface area contributed by atoms with Crippen LogP contribution in [0.5, 0.6) is 0 Å². The third-order valence-electron chi connectivity index (χ3n) is 5.48. The standard InChI is InChI=1S/C20H29N3O2/c1-5-19-22-16-8-9-21-11-17(16)23(19)12-20(24)25-18-10-14(4)6-7-15(18)13(2)3/h8-9,11,13-15,18H,5-7,10,12H2,1-4H3/t14?,15?,18-/m1/s1. The number of imidazole rings is 1. The summed E-state index contributed by atoms with van der Waals surface area (Å²) in [5.74, 6) is 2.36. The lowest BCUT2D eigenvalue weighted by Crippen LogP contribution is -2.36. The maximum atomic E-state index is 12.7. The van der Waals surface area contributed by atoms with Gasteiger partial charge in [0.2, 0.25) is 0 Å². The van der Waals surface area contributed by atoms with Gasteiger partial charge in [0.05, 0.1) is 17.2 Å². The van der Waals surface area contributed by atoms with E-state index in [1.807, 2.05) is 17.6 Å². The molecule has 0 amide bonds. The SMILES string of the molecule is CCc1nc2ccncc2n1CC(=O)O[C@@H]1CC(C)CCC1C(C)C. The number of fused-ring (bicyclic) bond motifs is 1. The summed E-state index contributed by atoms with van der Waals surface area (Å²) in [6.07, 6.45) is 7.67. The number of hydrogen-bond acceptors (Lipinski definition) is 4. The second kappa shape index (κ2) is 7.54. The Morgan fingerprint density at radius 1 is 1.40 bits per heavy atom. The second-order valence-electron chi connectivity index (χ2n) is 7.69. The van der Waals surface area contributed by atoms with Crippen LogP contribution in [0.15, 0.2) is 18.5 Å². The average molecular weight is 343 g/mol. The first-order valence-corrected chi connectivity index (χ1v) is 9.48. The summed E-state index contributed by atoms with van der Waals surface area (Å²) in [4.78, 5) is 21.5. The van der Waals surface area contributed by atoms with Gasteiger partial charge in [0, 0.05) is 12.6 Å². The Labute approximate surface area is 149 Å². The van der Waals surface area contributed by atoms with Crippen molar-refractivity contribution in [3.8, 4) is 0 Å². The van der Waals surface area contributed by atoms with Crippen LogP contribution in [0.3, 0.4) is 0 Å². The van der Waals surface area contributed by atoms with Crippen LogP contribution in [0.4, 0.5) is 0 Å². The fourth-order valence-electron chi connectivity index (χ4n) is 4.05. The van der Waals surface area contributed by atoms with E-state index in [9.17, 15) is 4.79 Å². The Morgan fingerprint density at radius 2 is 2.20 bits per heavy atom. The van der Waals surface area contributed by atoms with E-state index in [-0.39, 0.29) is 18.6 Å². The quantitative estimate of drug-likeness (QED) is 0.770. The summed E-state index contributed by atoms with van der Waals surface area (Å²) in [5.41, 5.74) is 1.78. The van der Waals surface area contributed by atoms with Crippen molar-refractivity contribution in [2.75, 3.05) is 0 Å². The van der Waals surface area contributed by atoms with Crippen molar-refractivity contribution in [2.45, 2.75) is 66.0 Å². The molecule has 0 bridgehead atoms. The van der Waals surface area contributed by atoms with Gasteiger partial charge in [0.25, 0.3) is 0 Å². The molecular weight excluding hydrogens is 314 g/mol. The summed E-state index contributed by atoms with van der Waals surface area (Å²) in [6, 6.07) is 1.88. The summed E-state index contributed by atoms with van der Waals surface area (Å²) >= 11 is 0. The number of esters is 1. The van der Waals surface area contributed by atoms with Crippen molar-refractivity contribution in [1.82, 2.24) is 14.5 Å². The summed E-state index contributed by atoms with van der Waals surface area (Å²) < 4.78 is 7.90. The number of carbonyl (C=O) groups excluding carboxylic acids is 1. The number of aromatic nitrogens is 3. The highest BCUT2D eigenvalue weighted by atomic mass is 16.5. The first-order valence-electron chi connectivity index (χ1n) is 9.48. The zero-order chi connectivity index (χ0) is 18.0. The molecular formula is C20H29N3O2. The first-order chi connectivity index (χ1) is 12.0. The van der Waals surface area contributed by atoms with E-state index < -0.39 is 0 Å². The summed E-state index contributed by atoms with van der Waals surface area (Å²) in [6.45, 7) is 8.97. The van der Waals surface area contributed by atoms with Crippen molar-refractivity contribution in [1.29, 1.82) is 0 Å². The van der Waals surface area contributed by atoms with E-state index in [4.69, 9.17) is 4.74 Å². The number of ether oxygens (including phenoxy) is 1. The molecule has 0 spiro atoms. The molecule has 1 aliphatic carbocycles. The van der Waals surface area contributed by atoms with E-state index in [0.29, 0.717) is 17.8 Å². The van der Waals surface area contributed by atoms with Crippen LogP contribution in [0, 0.1) is 17.8 Å².